The minimum atomic E-state index is -1.27. The number of para-hydroxylation sites is 1. The van der Waals surface area contributed by atoms with E-state index in [4.69, 9.17) is 10.5 Å². The van der Waals surface area contributed by atoms with Crippen molar-refractivity contribution in [3.05, 3.63) is 58.1 Å². The Morgan fingerprint density at radius 3 is 2.78 bits per heavy atom. The topological polar surface area (TPSA) is 104 Å². The van der Waals surface area contributed by atoms with Crippen molar-refractivity contribution in [1.82, 2.24) is 4.98 Å². The zero-order valence-electron chi connectivity index (χ0n) is 12.7. The van der Waals surface area contributed by atoms with E-state index in [0.29, 0.717) is 17.1 Å². The van der Waals surface area contributed by atoms with Gasteiger partial charge in [-0.25, -0.2) is 0 Å². The monoisotopic (exact) mass is 306 g/mol. The SMILES string of the molecule is Cc1[nH]c2c(c1C)[C@]1(C(=O)Nc3ccccc31)C(C#N)=C(N)O2. The molecule has 1 aromatic heterocycles. The first kappa shape index (κ1) is 13.5. The molecule has 1 spiro atoms. The van der Waals surface area contributed by atoms with Crippen LogP contribution in [0.4, 0.5) is 5.69 Å². The quantitative estimate of drug-likeness (QED) is 0.692. The van der Waals surface area contributed by atoms with Crippen molar-refractivity contribution in [3.63, 3.8) is 0 Å². The number of nitrogens with two attached hydrogens (primary N) is 1. The molecule has 1 amide bonds. The second-order valence-corrected chi connectivity index (χ2v) is 5.78. The zero-order valence-corrected chi connectivity index (χ0v) is 12.7. The van der Waals surface area contributed by atoms with Gasteiger partial charge in [-0.15, -0.1) is 0 Å². The molecule has 3 heterocycles. The molecule has 0 saturated heterocycles. The van der Waals surface area contributed by atoms with Crippen molar-refractivity contribution < 1.29 is 9.53 Å². The number of benzene rings is 1. The maximum absolute atomic E-state index is 13.0. The molecule has 6 heteroatoms. The maximum Gasteiger partial charge on any atom is 0.245 e. The summed E-state index contributed by atoms with van der Waals surface area (Å²) in [6, 6.07) is 9.43. The molecule has 2 aliphatic heterocycles. The number of carbonyl (C=O) groups is 1. The summed E-state index contributed by atoms with van der Waals surface area (Å²) >= 11 is 0. The van der Waals surface area contributed by atoms with Gasteiger partial charge in [0.25, 0.3) is 0 Å². The van der Waals surface area contributed by atoms with Gasteiger partial charge < -0.3 is 20.8 Å². The van der Waals surface area contributed by atoms with Crippen LogP contribution >= 0.6 is 0 Å². The first-order valence-electron chi connectivity index (χ1n) is 7.20. The molecule has 0 saturated carbocycles. The molecule has 2 aromatic rings. The lowest BCUT2D eigenvalue weighted by atomic mass is 9.68. The van der Waals surface area contributed by atoms with Crippen molar-refractivity contribution in [1.29, 1.82) is 5.26 Å². The lowest BCUT2D eigenvalue weighted by Crippen LogP contribution is -2.42. The van der Waals surface area contributed by atoms with Crippen LogP contribution < -0.4 is 15.8 Å². The molecule has 1 aromatic carbocycles. The molecule has 4 rings (SSSR count). The van der Waals surface area contributed by atoms with Gasteiger partial charge in [0.2, 0.25) is 17.7 Å². The van der Waals surface area contributed by atoms with Crippen molar-refractivity contribution in [2.45, 2.75) is 19.3 Å². The Morgan fingerprint density at radius 1 is 1.30 bits per heavy atom. The predicted molar refractivity (Wildman–Crippen MR) is 83.6 cm³/mol. The summed E-state index contributed by atoms with van der Waals surface area (Å²) in [7, 11) is 0. The van der Waals surface area contributed by atoms with E-state index in [-0.39, 0.29) is 17.4 Å². The van der Waals surface area contributed by atoms with Gasteiger partial charge in [-0.05, 0) is 25.5 Å². The second-order valence-electron chi connectivity index (χ2n) is 5.78. The van der Waals surface area contributed by atoms with E-state index in [0.717, 1.165) is 16.8 Å². The summed E-state index contributed by atoms with van der Waals surface area (Å²) in [5.74, 6) is 0.0845. The van der Waals surface area contributed by atoms with Gasteiger partial charge >= 0.3 is 0 Å². The highest BCUT2D eigenvalue weighted by Crippen LogP contribution is 2.54. The number of hydrogen-bond donors (Lipinski definition) is 3. The number of rotatable bonds is 0. The molecule has 1 atom stereocenters. The van der Waals surface area contributed by atoms with Gasteiger partial charge in [-0.1, -0.05) is 18.2 Å². The number of aromatic nitrogens is 1. The Kier molecular flexibility index (Phi) is 2.44. The van der Waals surface area contributed by atoms with Gasteiger partial charge in [-0.3, -0.25) is 4.79 Å². The number of anilines is 1. The summed E-state index contributed by atoms with van der Waals surface area (Å²) in [5.41, 5.74) is 8.64. The average molecular weight is 306 g/mol. The number of carbonyl (C=O) groups excluding carboxylic acids is 1. The van der Waals surface area contributed by atoms with Gasteiger partial charge in [0.1, 0.15) is 17.1 Å². The second kappa shape index (κ2) is 4.17. The fraction of sp³-hybridized carbons (Fsp3) is 0.176. The highest BCUT2D eigenvalue weighted by Gasteiger charge is 2.57. The van der Waals surface area contributed by atoms with Crippen LogP contribution in [0, 0.1) is 25.2 Å². The fourth-order valence-electron chi connectivity index (χ4n) is 3.58. The highest BCUT2D eigenvalue weighted by molar-refractivity contribution is 6.12. The third kappa shape index (κ3) is 1.39. The largest absolute Gasteiger partial charge is 0.424 e. The number of H-pyrrole nitrogens is 1. The molecule has 4 N–H and O–H groups in total. The van der Waals surface area contributed by atoms with Gasteiger partial charge in [0.05, 0.1) is 0 Å². The number of aromatic amines is 1. The van der Waals surface area contributed by atoms with Crippen LogP contribution in [0.2, 0.25) is 0 Å². The number of amides is 1. The molecule has 2 aliphatic rings. The van der Waals surface area contributed by atoms with Crippen molar-refractivity contribution in [3.8, 4) is 11.9 Å². The molecule has 0 aliphatic carbocycles. The van der Waals surface area contributed by atoms with Crippen LogP contribution in [0.3, 0.4) is 0 Å². The summed E-state index contributed by atoms with van der Waals surface area (Å²) in [4.78, 5) is 16.1. The van der Waals surface area contributed by atoms with E-state index < -0.39 is 5.41 Å². The van der Waals surface area contributed by atoms with Crippen molar-refractivity contribution in [2.24, 2.45) is 5.73 Å². The van der Waals surface area contributed by atoms with E-state index in [9.17, 15) is 10.1 Å². The number of nitriles is 1. The van der Waals surface area contributed by atoms with Crippen LogP contribution in [-0.2, 0) is 10.2 Å². The first-order chi connectivity index (χ1) is 11.0. The number of aryl methyl sites for hydroxylation is 1. The molecule has 0 unspecified atom stereocenters. The van der Waals surface area contributed by atoms with E-state index in [1.54, 1.807) is 0 Å². The zero-order chi connectivity index (χ0) is 16.4. The molecule has 0 radical (unpaired) electrons. The van der Waals surface area contributed by atoms with E-state index in [1.807, 2.05) is 38.1 Å². The predicted octanol–water partition coefficient (Wildman–Crippen LogP) is 1.96. The standard InChI is InChI=1S/C17H14N4O2/c1-8-9(2)20-15-13(8)17(11(7-18)14(19)23-15)10-5-3-4-6-12(10)21-16(17)22/h3-6,20H,19H2,1-2H3,(H,21,22)/t17-/m1/s1. The molecule has 23 heavy (non-hydrogen) atoms. The molecule has 0 bridgehead atoms. The van der Waals surface area contributed by atoms with E-state index in [2.05, 4.69) is 16.4 Å². The minimum absolute atomic E-state index is 0.0481. The normalized spacial score (nSPS) is 21.5. The summed E-state index contributed by atoms with van der Waals surface area (Å²) in [5, 5.41) is 12.6. The highest BCUT2D eigenvalue weighted by atomic mass is 16.5. The molecule has 6 nitrogen and oxygen atoms in total. The Balaban J connectivity index is 2.19. The smallest absolute Gasteiger partial charge is 0.245 e. The molecular weight excluding hydrogens is 292 g/mol. The molecule has 114 valence electrons. The Bertz CT molecular complexity index is 948. The van der Waals surface area contributed by atoms with Crippen molar-refractivity contribution >= 4 is 11.6 Å². The van der Waals surface area contributed by atoms with E-state index in [1.165, 1.54) is 0 Å². The number of nitrogens with zero attached hydrogens (tertiary/aromatic N) is 1. The van der Waals surface area contributed by atoms with Gasteiger partial charge in [-0.2, -0.15) is 5.26 Å². The van der Waals surface area contributed by atoms with Crippen LogP contribution in [0.25, 0.3) is 0 Å². The van der Waals surface area contributed by atoms with E-state index >= 15 is 0 Å². The fourth-order valence-corrected chi connectivity index (χ4v) is 3.58. The summed E-state index contributed by atoms with van der Waals surface area (Å²) < 4.78 is 5.59. The first-order valence-corrected chi connectivity index (χ1v) is 7.20. The number of ether oxygens (including phenoxy) is 1. The van der Waals surface area contributed by atoms with Gasteiger partial charge in [0.15, 0.2) is 0 Å². The third-order valence-corrected chi connectivity index (χ3v) is 4.71. The average Bonchev–Trinajstić information content (AvgIpc) is 2.96. The number of fused-ring (bicyclic) bond motifs is 4. The van der Waals surface area contributed by atoms with Crippen LogP contribution in [0.5, 0.6) is 5.88 Å². The summed E-state index contributed by atoms with van der Waals surface area (Å²) in [6.07, 6.45) is 0. The summed E-state index contributed by atoms with van der Waals surface area (Å²) in [6.45, 7) is 3.80. The lowest BCUT2D eigenvalue weighted by molar-refractivity contribution is -0.118. The minimum Gasteiger partial charge on any atom is -0.424 e. The van der Waals surface area contributed by atoms with Crippen molar-refractivity contribution in [2.75, 3.05) is 5.32 Å². The maximum atomic E-state index is 13.0. The molecule has 0 fully saturated rings. The van der Waals surface area contributed by atoms with Crippen LogP contribution in [0.15, 0.2) is 35.7 Å². The Hall–Kier alpha value is -3.20. The Morgan fingerprint density at radius 2 is 2.04 bits per heavy atom. The lowest BCUT2D eigenvalue weighted by Gasteiger charge is -2.32. The van der Waals surface area contributed by atoms with Gasteiger partial charge in [0, 0.05) is 22.5 Å². The van der Waals surface area contributed by atoms with Crippen LogP contribution in [-0.4, -0.2) is 10.9 Å². The number of hydrogen-bond acceptors (Lipinski definition) is 4. The third-order valence-electron chi connectivity index (χ3n) is 4.71. The van der Waals surface area contributed by atoms with Crippen LogP contribution in [0.1, 0.15) is 22.4 Å². The molecular formula is C17H14N4O2. The Labute approximate surface area is 132 Å². The number of nitrogens with one attached hydrogen (secondary N) is 2.